The van der Waals surface area contributed by atoms with Crippen molar-refractivity contribution in [2.75, 3.05) is 14.2 Å². The minimum Gasteiger partial charge on any atom is -0.496 e. The van der Waals surface area contributed by atoms with Gasteiger partial charge in [-0.05, 0) is 24.7 Å². The molecule has 0 atom stereocenters. The molecular weight excluding hydrogens is 384 g/mol. The molecule has 0 bridgehead atoms. The second-order valence-corrected chi connectivity index (χ2v) is 7.62. The summed E-state index contributed by atoms with van der Waals surface area (Å²) >= 11 is 0. The number of carbonyl (C=O) groups excluding carboxylic acids is 1. The molecule has 0 aliphatic carbocycles. The second kappa shape index (κ2) is 9.53. The molecule has 2 heterocycles. The van der Waals surface area contributed by atoms with Crippen molar-refractivity contribution in [2.24, 2.45) is 5.73 Å². The third-order valence-electron chi connectivity index (χ3n) is 4.65. The third-order valence-corrected chi connectivity index (χ3v) is 4.65. The molecule has 160 valence electrons. The topological polar surface area (TPSA) is 112 Å². The van der Waals surface area contributed by atoms with Gasteiger partial charge in [0.15, 0.2) is 5.82 Å². The average molecular weight is 412 g/mol. The second-order valence-electron chi connectivity index (χ2n) is 7.62. The van der Waals surface area contributed by atoms with Crippen molar-refractivity contribution >= 4 is 5.91 Å². The van der Waals surface area contributed by atoms with Crippen LogP contribution >= 0.6 is 0 Å². The average Bonchev–Trinajstić information content (AvgIpc) is 3.36. The number of hydrogen-bond acceptors (Lipinski definition) is 7. The summed E-state index contributed by atoms with van der Waals surface area (Å²) in [5.41, 5.74) is 8.19. The zero-order chi connectivity index (χ0) is 21.7. The highest BCUT2D eigenvalue weighted by Gasteiger charge is 2.14. The molecule has 9 heteroatoms. The highest BCUT2D eigenvalue weighted by atomic mass is 16.5. The van der Waals surface area contributed by atoms with Crippen LogP contribution in [0, 0.1) is 0 Å². The number of nitrogens with two attached hydrogens (primary N) is 1. The lowest BCUT2D eigenvalue weighted by molar-refractivity contribution is -0.118. The van der Waals surface area contributed by atoms with Gasteiger partial charge in [0.1, 0.15) is 5.75 Å². The Morgan fingerprint density at radius 1 is 1.33 bits per heavy atom. The van der Waals surface area contributed by atoms with Crippen LogP contribution in [0.4, 0.5) is 0 Å². The largest absolute Gasteiger partial charge is 0.496 e. The van der Waals surface area contributed by atoms with E-state index in [9.17, 15) is 4.79 Å². The molecule has 1 aromatic carbocycles. The Bertz CT molecular complexity index is 994. The number of carbonyl (C=O) groups is 1. The highest BCUT2D eigenvalue weighted by Crippen LogP contribution is 2.31. The number of ether oxygens (including phenoxy) is 1. The summed E-state index contributed by atoms with van der Waals surface area (Å²) in [6.45, 7) is 5.78. The summed E-state index contributed by atoms with van der Waals surface area (Å²) in [5, 5.41) is 8.33. The maximum Gasteiger partial charge on any atom is 0.240 e. The maximum atomic E-state index is 11.0. The molecule has 1 amide bonds. The van der Waals surface area contributed by atoms with Crippen molar-refractivity contribution in [3.8, 4) is 16.9 Å². The van der Waals surface area contributed by atoms with Crippen LogP contribution in [-0.4, -0.2) is 44.9 Å². The highest BCUT2D eigenvalue weighted by molar-refractivity contribution is 5.73. The van der Waals surface area contributed by atoms with Crippen LogP contribution in [-0.2, 0) is 24.4 Å². The first kappa shape index (κ1) is 21.5. The Hall–Kier alpha value is -3.20. The van der Waals surface area contributed by atoms with Crippen LogP contribution in [0.2, 0.25) is 0 Å². The molecule has 9 nitrogen and oxygen atoms in total. The summed E-state index contributed by atoms with van der Waals surface area (Å²) in [4.78, 5) is 17.5. The van der Waals surface area contributed by atoms with E-state index in [4.69, 9.17) is 15.0 Å². The quantitative estimate of drug-likeness (QED) is 0.544. The van der Waals surface area contributed by atoms with Gasteiger partial charge in [0, 0.05) is 42.8 Å². The Balaban J connectivity index is 1.72. The fraction of sp³-hybridized carbons (Fsp3) is 0.429. The van der Waals surface area contributed by atoms with Gasteiger partial charge in [0.2, 0.25) is 11.8 Å². The number of rotatable bonds is 10. The first-order valence-electron chi connectivity index (χ1n) is 9.84. The number of aromatic nitrogens is 4. The van der Waals surface area contributed by atoms with Crippen LogP contribution in [0.3, 0.4) is 0 Å². The summed E-state index contributed by atoms with van der Waals surface area (Å²) < 4.78 is 12.6. The monoisotopic (exact) mass is 412 g/mol. The van der Waals surface area contributed by atoms with Gasteiger partial charge < -0.3 is 15.0 Å². The Morgan fingerprint density at radius 2 is 2.13 bits per heavy atom. The number of benzene rings is 1. The number of nitrogens with zero attached hydrogens (tertiary/aromatic N) is 5. The van der Waals surface area contributed by atoms with Crippen LogP contribution < -0.4 is 10.5 Å². The number of primary amides is 1. The molecule has 0 spiro atoms. The van der Waals surface area contributed by atoms with Crippen molar-refractivity contribution in [2.45, 2.75) is 45.8 Å². The van der Waals surface area contributed by atoms with Crippen LogP contribution in [0.25, 0.3) is 11.1 Å². The maximum absolute atomic E-state index is 11.0. The van der Waals surface area contributed by atoms with Crippen LogP contribution in [0.1, 0.15) is 43.5 Å². The van der Waals surface area contributed by atoms with Crippen molar-refractivity contribution < 1.29 is 14.1 Å². The molecule has 2 N–H and O–H groups in total. The fourth-order valence-electron chi connectivity index (χ4n) is 3.09. The molecule has 0 radical (unpaired) electrons. The smallest absolute Gasteiger partial charge is 0.240 e. The van der Waals surface area contributed by atoms with E-state index in [0.29, 0.717) is 25.5 Å². The third kappa shape index (κ3) is 5.44. The zero-order valence-corrected chi connectivity index (χ0v) is 17.8. The Kier molecular flexibility index (Phi) is 6.83. The van der Waals surface area contributed by atoms with E-state index >= 15 is 0 Å². The van der Waals surface area contributed by atoms with E-state index in [1.54, 1.807) is 18.0 Å². The molecule has 3 aromatic rings. The summed E-state index contributed by atoms with van der Waals surface area (Å²) in [6.07, 6.45) is 3.90. The van der Waals surface area contributed by atoms with E-state index in [0.717, 1.165) is 28.3 Å². The number of aryl methyl sites for hydroxylation is 1. The molecule has 0 aliphatic heterocycles. The molecule has 30 heavy (non-hydrogen) atoms. The van der Waals surface area contributed by atoms with Gasteiger partial charge in [-0.15, -0.1) is 0 Å². The van der Waals surface area contributed by atoms with Crippen molar-refractivity contribution in [3.05, 3.63) is 47.9 Å². The van der Waals surface area contributed by atoms with E-state index in [1.807, 2.05) is 39.2 Å². The van der Waals surface area contributed by atoms with Gasteiger partial charge in [0.05, 0.1) is 19.9 Å². The van der Waals surface area contributed by atoms with Gasteiger partial charge in [0.25, 0.3) is 0 Å². The molecule has 0 aliphatic rings. The minimum atomic E-state index is -0.351. The molecule has 2 aromatic heterocycles. The van der Waals surface area contributed by atoms with Gasteiger partial charge in [-0.1, -0.05) is 25.1 Å². The zero-order valence-electron chi connectivity index (χ0n) is 17.8. The van der Waals surface area contributed by atoms with Gasteiger partial charge in [-0.25, -0.2) is 0 Å². The van der Waals surface area contributed by atoms with Crippen LogP contribution in [0.5, 0.6) is 5.75 Å². The van der Waals surface area contributed by atoms with E-state index < -0.39 is 0 Å². The number of amides is 1. The first-order chi connectivity index (χ1) is 14.4. The number of methoxy groups -OCH3 is 1. The number of hydrogen-bond donors (Lipinski definition) is 1. The van der Waals surface area contributed by atoms with E-state index in [-0.39, 0.29) is 18.2 Å². The molecular formula is C21H28N6O3. The van der Waals surface area contributed by atoms with Crippen molar-refractivity contribution in [1.29, 1.82) is 0 Å². The van der Waals surface area contributed by atoms with E-state index in [1.165, 1.54) is 0 Å². The molecule has 3 rings (SSSR count). The van der Waals surface area contributed by atoms with Crippen LogP contribution in [0.15, 0.2) is 35.1 Å². The first-order valence-corrected chi connectivity index (χ1v) is 9.84. The molecule has 0 saturated carbocycles. The predicted octanol–water partition coefficient (Wildman–Crippen LogP) is 2.57. The molecule has 0 saturated heterocycles. The van der Waals surface area contributed by atoms with Crippen molar-refractivity contribution in [3.63, 3.8) is 0 Å². The van der Waals surface area contributed by atoms with Crippen molar-refractivity contribution in [1.82, 2.24) is 24.8 Å². The Morgan fingerprint density at radius 3 is 2.80 bits per heavy atom. The summed E-state index contributed by atoms with van der Waals surface area (Å²) in [7, 11) is 3.65. The molecule has 0 fully saturated rings. The lowest BCUT2D eigenvalue weighted by atomic mass is 10.0. The standard InChI is InChI=1S/C21H28N6O3/c1-14(2)21-24-20(30-25-21)13-26(3)11-15-5-6-18(29-4)17(9-15)16-10-23-27(12-16)8-7-19(22)28/h5-6,9-10,12,14H,7-8,11,13H2,1-4H3,(H2,22,28). The minimum absolute atomic E-state index is 0.237. The SMILES string of the molecule is COc1ccc(CN(C)Cc2nc(C(C)C)no2)cc1-c1cnn(CCC(N)=O)c1. The summed E-state index contributed by atoms with van der Waals surface area (Å²) in [6, 6.07) is 6.06. The van der Waals surface area contributed by atoms with Gasteiger partial charge in [-0.3, -0.25) is 14.4 Å². The normalized spacial score (nSPS) is 11.4. The Labute approximate surface area is 175 Å². The summed E-state index contributed by atoms with van der Waals surface area (Å²) in [5.74, 6) is 1.97. The van der Waals surface area contributed by atoms with Gasteiger partial charge >= 0.3 is 0 Å². The fourth-order valence-corrected chi connectivity index (χ4v) is 3.09. The van der Waals surface area contributed by atoms with Gasteiger partial charge in [-0.2, -0.15) is 10.1 Å². The van der Waals surface area contributed by atoms with E-state index in [2.05, 4.69) is 26.2 Å². The molecule has 0 unspecified atom stereocenters. The predicted molar refractivity (Wildman–Crippen MR) is 112 cm³/mol. The lowest BCUT2D eigenvalue weighted by Crippen LogP contribution is -2.17. The lowest BCUT2D eigenvalue weighted by Gasteiger charge is -2.16.